The Hall–Kier alpha value is -1.38. The number of aromatic amines is 1. The van der Waals surface area contributed by atoms with Gasteiger partial charge in [0.15, 0.2) is 0 Å². The molecular weight excluding hydrogens is 150 g/mol. The van der Waals surface area contributed by atoms with Gasteiger partial charge in [-0.3, -0.25) is 10.1 Å². The molecule has 0 bridgehead atoms. The van der Waals surface area contributed by atoms with E-state index in [2.05, 4.69) is 15.2 Å². The molecule has 2 aromatic heterocycles. The molecule has 1 saturated carbocycles. The van der Waals surface area contributed by atoms with Crippen LogP contribution in [0.15, 0.2) is 18.3 Å². The minimum atomic E-state index is 0.699. The normalized spacial score (nSPS) is 17.0. The summed E-state index contributed by atoms with van der Waals surface area (Å²) < 4.78 is 0. The van der Waals surface area contributed by atoms with Crippen molar-refractivity contribution in [1.82, 2.24) is 15.2 Å². The zero-order valence-corrected chi connectivity index (χ0v) is 6.62. The molecule has 60 valence electrons. The molecule has 0 atom stereocenters. The number of fused-ring (bicyclic) bond motifs is 1. The Balaban J connectivity index is 2.30. The van der Waals surface area contributed by atoms with Crippen LogP contribution in [0.1, 0.15) is 24.5 Å². The molecular formula is C9H9N3. The Bertz CT molecular complexity index is 414. The third-order valence-corrected chi connectivity index (χ3v) is 2.32. The van der Waals surface area contributed by atoms with E-state index in [1.165, 1.54) is 18.5 Å². The second-order valence-electron chi connectivity index (χ2n) is 3.28. The van der Waals surface area contributed by atoms with Crippen LogP contribution in [0.3, 0.4) is 0 Å². The Kier molecular flexibility index (Phi) is 1.06. The monoisotopic (exact) mass is 159 g/mol. The van der Waals surface area contributed by atoms with Gasteiger partial charge in [0.2, 0.25) is 0 Å². The Morgan fingerprint density at radius 1 is 1.42 bits per heavy atom. The predicted molar refractivity (Wildman–Crippen MR) is 45.9 cm³/mol. The number of hydrogen-bond donors (Lipinski definition) is 1. The van der Waals surface area contributed by atoms with Crippen molar-refractivity contribution in [3.8, 4) is 0 Å². The Morgan fingerprint density at radius 3 is 3.17 bits per heavy atom. The van der Waals surface area contributed by atoms with Crippen molar-refractivity contribution in [2.45, 2.75) is 18.8 Å². The fourth-order valence-electron chi connectivity index (χ4n) is 1.52. The summed E-state index contributed by atoms with van der Waals surface area (Å²) in [7, 11) is 0. The van der Waals surface area contributed by atoms with Crippen molar-refractivity contribution in [3.05, 3.63) is 24.0 Å². The van der Waals surface area contributed by atoms with Crippen molar-refractivity contribution in [1.29, 1.82) is 0 Å². The Morgan fingerprint density at radius 2 is 2.33 bits per heavy atom. The van der Waals surface area contributed by atoms with E-state index in [9.17, 15) is 0 Å². The van der Waals surface area contributed by atoms with Crippen LogP contribution in [-0.2, 0) is 0 Å². The highest BCUT2D eigenvalue weighted by molar-refractivity contribution is 5.77. The molecule has 1 fully saturated rings. The van der Waals surface area contributed by atoms with Crippen molar-refractivity contribution in [2.24, 2.45) is 0 Å². The minimum Gasteiger partial charge on any atom is -0.279 e. The van der Waals surface area contributed by atoms with E-state index in [0.29, 0.717) is 5.92 Å². The van der Waals surface area contributed by atoms with Crippen LogP contribution in [0, 0.1) is 0 Å². The van der Waals surface area contributed by atoms with E-state index in [1.54, 1.807) is 0 Å². The van der Waals surface area contributed by atoms with Gasteiger partial charge in [-0.15, -0.1) is 0 Å². The van der Waals surface area contributed by atoms with Gasteiger partial charge in [-0.05, 0) is 25.0 Å². The Labute approximate surface area is 69.8 Å². The van der Waals surface area contributed by atoms with E-state index in [0.717, 1.165) is 11.0 Å². The molecule has 3 nitrogen and oxygen atoms in total. The highest BCUT2D eigenvalue weighted by Crippen LogP contribution is 2.41. The highest BCUT2D eigenvalue weighted by atomic mass is 15.1. The average Bonchev–Trinajstić information content (AvgIpc) is 2.86. The number of pyridine rings is 1. The van der Waals surface area contributed by atoms with Crippen LogP contribution in [-0.4, -0.2) is 15.2 Å². The van der Waals surface area contributed by atoms with Gasteiger partial charge in [-0.1, -0.05) is 0 Å². The summed E-state index contributed by atoms with van der Waals surface area (Å²) in [6.07, 6.45) is 4.39. The van der Waals surface area contributed by atoms with Gasteiger partial charge >= 0.3 is 0 Å². The summed E-state index contributed by atoms with van der Waals surface area (Å²) in [6, 6.07) is 3.91. The van der Waals surface area contributed by atoms with Crippen LogP contribution in [0.25, 0.3) is 11.0 Å². The van der Waals surface area contributed by atoms with Crippen LogP contribution in [0.4, 0.5) is 0 Å². The van der Waals surface area contributed by atoms with Gasteiger partial charge in [-0.25, -0.2) is 0 Å². The zero-order chi connectivity index (χ0) is 7.97. The van der Waals surface area contributed by atoms with E-state index < -0.39 is 0 Å². The average molecular weight is 159 g/mol. The first-order chi connectivity index (χ1) is 5.95. The number of nitrogens with one attached hydrogen (secondary N) is 1. The maximum atomic E-state index is 4.31. The summed E-state index contributed by atoms with van der Waals surface area (Å²) in [5, 5.41) is 7.26. The first kappa shape index (κ1) is 6.17. The summed E-state index contributed by atoms with van der Waals surface area (Å²) in [5.74, 6) is 0.699. The number of H-pyrrole nitrogens is 1. The fourth-order valence-corrected chi connectivity index (χ4v) is 1.52. The third kappa shape index (κ3) is 0.763. The van der Waals surface area contributed by atoms with Gasteiger partial charge < -0.3 is 0 Å². The molecule has 0 spiro atoms. The van der Waals surface area contributed by atoms with Crippen LogP contribution >= 0.6 is 0 Å². The lowest BCUT2D eigenvalue weighted by Gasteiger charge is -1.90. The minimum absolute atomic E-state index is 0.699. The third-order valence-electron chi connectivity index (χ3n) is 2.32. The molecule has 0 aromatic carbocycles. The number of rotatable bonds is 1. The lowest BCUT2D eigenvalue weighted by molar-refractivity contribution is 0.975. The van der Waals surface area contributed by atoms with Gasteiger partial charge in [-0.2, -0.15) is 5.10 Å². The molecule has 0 radical (unpaired) electrons. The zero-order valence-electron chi connectivity index (χ0n) is 6.62. The molecule has 3 rings (SSSR count). The summed E-state index contributed by atoms with van der Waals surface area (Å²) in [6.45, 7) is 0. The standard InChI is InChI=1S/C9H9N3/c1-2-7-9(10-5-1)8(12-11-7)6-3-4-6/h1-2,5-6H,3-4H2,(H,11,12). The maximum absolute atomic E-state index is 4.31. The van der Waals surface area contributed by atoms with Crippen molar-refractivity contribution >= 4 is 11.0 Å². The molecule has 1 aliphatic rings. The summed E-state index contributed by atoms with van der Waals surface area (Å²) in [5.41, 5.74) is 3.27. The van der Waals surface area contributed by atoms with Crippen LogP contribution < -0.4 is 0 Å². The molecule has 0 saturated heterocycles. The molecule has 1 N–H and O–H groups in total. The van der Waals surface area contributed by atoms with E-state index in [4.69, 9.17) is 0 Å². The SMILES string of the molecule is c1cnc2c(C3CC3)[nH]nc2c1. The molecule has 12 heavy (non-hydrogen) atoms. The molecule has 0 amide bonds. The summed E-state index contributed by atoms with van der Waals surface area (Å²) >= 11 is 0. The highest BCUT2D eigenvalue weighted by Gasteiger charge is 2.27. The summed E-state index contributed by atoms with van der Waals surface area (Å²) in [4.78, 5) is 4.31. The number of aromatic nitrogens is 3. The second kappa shape index (κ2) is 2.06. The van der Waals surface area contributed by atoms with Crippen molar-refractivity contribution in [2.75, 3.05) is 0 Å². The fraction of sp³-hybridized carbons (Fsp3) is 0.333. The van der Waals surface area contributed by atoms with Gasteiger partial charge in [0, 0.05) is 12.1 Å². The smallest absolute Gasteiger partial charge is 0.111 e. The molecule has 2 heterocycles. The number of hydrogen-bond acceptors (Lipinski definition) is 2. The molecule has 3 heteroatoms. The molecule has 0 aliphatic heterocycles. The van der Waals surface area contributed by atoms with E-state index in [-0.39, 0.29) is 0 Å². The van der Waals surface area contributed by atoms with E-state index in [1.807, 2.05) is 18.3 Å². The lowest BCUT2D eigenvalue weighted by atomic mass is 10.2. The van der Waals surface area contributed by atoms with Crippen LogP contribution in [0.2, 0.25) is 0 Å². The number of nitrogens with zero attached hydrogens (tertiary/aromatic N) is 2. The van der Waals surface area contributed by atoms with Crippen molar-refractivity contribution in [3.63, 3.8) is 0 Å². The van der Waals surface area contributed by atoms with Gasteiger partial charge in [0.05, 0.1) is 5.69 Å². The maximum Gasteiger partial charge on any atom is 0.111 e. The lowest BCUT2D eigenvalue weighted by Crippen LogP contribution is -1.80. The quantitative estimate of drug-likeness (QED) is 0.689. The molecule has 0 unspecified atom stereocenters. The second-order valence-corrected chi connectivity index (χ2v) is 3.28. The van der Waals surface area contributed by atoms with Gasteiger partial charge in [0.25, 0.3) is 0 Å². The topological polar surface area (TPSA) is 41.6 Å². The van der Waals surface area contributed by atoms with E-state index >= 15 is 0 Å². The predicted octanol–water partition coefficient (Wildman–Crippen LogP) is 1.84. The molecule has 2 aromatic rings. The van der Waals surface area contributed by atoms with Crippen LogP contribution in [0.5, 0.6) is 0 Å². The largest absolute Gasteiger partial charge is 0.279 e. The van der Waals surface area contributed by atoms with Crippen molar-refractivity contribution < 1.29 is 0 Å². The van der Waals surface area contributed by atoms with Gasteiger partial charge in [0.1, 0.15) is 11.0 Å². The first-order valence-electron chi connectivity index (χ1n) is 4.24. The first-order valence-corrected chi connectivity index (χ1v) is 4.24. The molecule has 1 aliphatic carbocycles.